The zero-order valence-corrected chi connectivity index (χ0v) is 16.8. The fourth-order valence-electron chi connectivity index (χ4n) is 3.01. The molecule has 31 heavy (non-hydrogen) atoms. The van der Waals surface area contributed by atoms with E-state index in [2.05, 4.69) is 31.3 Å². The zero-order valence-electron chi connectivity index (χ0n) is 16.8. The van der Waals surface area contributed by atoms with Gasteiger partial charge in [-0.25, -0.2) is 4.39 Å². The second-order valence-electron chi connectivity index (χ2n) is 6.75. The van der Waals surface area contributed by atoms with Crippen molar-refractivity contribution in [3.05, 3.63) is 53.8 Å². The lowest BCUT2D eigenvalue weighted by atomic mass is 9.98. The van der Waals surface area contributed by atoms with Crippen molar-refractivity contribution < 1.29 is 23.8 Å². The van der Waals surface area contributed by atoms with Crippen molar-refractivity contribution in [3.8, 4) is 16.9 Å². The average molecular weight is 428 g/mol. The number of benzene rings is 2. The van der Waals surface area contributed by atoms with Crippen LogP contribution >= 0.6 is 0 Å². The second kappa shape index (κ2) is 9.76. The van der Waals surface area contributed by atoms with Crippen molar-refractivity contribution in [1.29, 1.82) is 0 Å². The molecule has 1 heterocycles. The number of carbonyl (C=O) groups excluding carboxylic acids is 1. The maximum absolute atomic E-state index is 13.6. The van der Waals surface area contributed by atoms with Gasteiger partial charge in [-0.05, 0) is 47.9 Å². The van der Waals surface area contributed by atoms with E-state index in [1.807, 2.05) is 0 Å². The molecule has 0 saturated carbocycles. The van der Waals surface area contributed by atoms with Gasteiger partial charge in [0.2, 0.25) is 5.91 Å². The number of hydrogen-bond acceptors (Lipinski definition) is 7. The summed E-state index contributed by atoms with van der Waals surface area (Å²) in [5.41, 5.74) is 2.04. The lowest BCUT2D eigenvalue weighted by molar-refractivity contribution is -0.139. The number of H-pyrrole nitrogens is 1. The topological polar surface area (TPSA) is 142 Å². The van der Waals surface area contributed by atoms with E-state index in [1.54, 1.807) is 30.3 Å². The highest BCUT2D eigenvalue weighted by molar-refractivity contribution is 5.94. The van der Waals surface area contributed by atoms with Crippen LogP contribution in [-0.2, 0) is 16.0 Å². The number of methoxy groups -OCH3 is 1. The molecule has 11 heteroatoms. The number of carboxylic acids is 1. The predicted octanol–water partition coefficient (Wildman–Crippen LogP) is 1.63. The summed E-state index contributed by atoms with van der Waals surface area (Å²) in [6.45, 7) is 1.44. The minimum absolute atomic E-state index is 0.0289. The first-order valence-corrected chi connectivity index (χ1v) is 9.33. The van der Waals surface area contributed by atoms with Crippen LogP contribution in [0.25, 0.3) is 11.1 Å². The average Bonchev–Trinajstić information content (AvgIpc) is 3.26. The maximum atomic E-state index is 13.6. The van der Waals surface area contributed by atoms with Crippen molar-refractivity contribution in [2.75, 3.05) is 12.4 Å². The molecule has 1 aromatic heterocycles. The molecule has 162 valence electrons. The molecule has 0 radical (unpaired) electrons. The summed E-state index contributed by atoms with van der Waals surface area (Å²) in [6.07, 6.45) is 0.154. The summed E-state index contributed by atoms with van der Waals surface area (Å²) in [7, 11) is 1.49. The third-order valence-electron chi connectivity index (χ3n) is 4.56. The van der Waals surface area contributed by atoms with E-state index in [1.165, 1.54) is 26.2 Å². The van der Waals surface area contributed by atoms with Crippen LogP contribution in [0.5, 0.6) is 5.75 Å². The van der Waals surface area contributed by atoms with Gasteiger partial charge in [0.1, 0.15) is 17.6 Å². The van der Waals surface area contributed by atoms with Gasteiger partial charge in [-0.2, -0.15) is 5.21 Å². The monoisotopic (exact) mass is 428 g/mol. The Morgan fingerprint density at radius 3 is 2.71 bits per heavy atom. The van der Waals surface area contributed by atoms with Gasteiger partial charge in [-0.1, -0.05) is 29.4 Å². The van der Waals surface area contributed by atoms with Crippen LogP contribution in [0.3, 0.4) is 0 Å². The number of aliphatic carboxylic acids is 1. The number of carbonyl (C=O) groups is 2. The number of aromatic amines is 1. The first kappa shape index (κ1) is 21.8. The largest absolute Gasteiger partial charge is 0.496 e. The van der Waals surface area contributed by atoms with Gasteiger partial charge in [-0.15, -0.1) is 5.10 Å². The molecule has 0 aliphatic rings. The lowest BCUT2D eigenvalue weighted by Crippen LogP contribution is -2.49. The Labute approximate surface area is 176 Å². The Morgan fingerprint density at radius 2 is 2.06 bits per heavy atom. The smallest absolute Gasteiger partial charge is 0.320 e. The quantitative estimate of drug-likeness (QED) is 0.403. The molecular formula is C20H21FN6O4. The summed E-state index contributed by atoms with van der Waals surface area (Å²) < 4.78 is 19.1. The van der Waals surface area contributed by atoms with Gasteiger partial charge in [0.15, 0.2) is 0 Å². The van der Waals surface area contributed by atoms with Gasteiger partial charge < -0.3 is 9.84 Å². The molecule has 4 N–H and O–H groups in total. The molecule has 0 bridgehead atoms. The van der Waals surface area contributed by atoms with E-state index in [-0.39, 0.29) is 18.2 Å². The third-order valence-corrected chi connectivity index (χ3v) is 4.56. The van der Waals surface area contributed by atoms with E-state index in [0.717, 1.165) is 0 Å². The summed E-state index contributed by atoms with van der Waals surface area (Å²) in [4.78, 5) is 24.0. The Hall–Kier alpha value is -3.86. The van der Waals surface area contributed by atoms with E-state index in [4.69, 9.17) is 4.74 Å². The van der Waals surface area contributed by atoms with E-state index < -0.39 is 24.0 Å². The van der Waals surface area contributed by atoms with Crippen LogP contribution in [0.2, 0.25) is 0 Å². The molecule has 0 aliphatic carbocycles. The van der Waals surface area contributed by atoms with E-state index >= 15 is 0 Å². The number of ether oxygens (including phenoxy) is 1. The number of carboxylic acid groups (broad SMARTS) is 1. The normalized spacial score (nSPS) is 12.7. The Morgan fingerprint density at radius 1 is 1.26 bits per heavy atom. The summed E-state index contributed by atoms with van der Waals surface area (Å²) in [5.74, 6) is -1.53. The predicted molar refractivity (Wildman–Crippen MR) is 109 cm³/mol. The summed E-state index contributed by atoms with van der Waals surface area (Å²) in [5, 5.41) is 27.4. The number of halogens is 1. The first-order chi connectivity index (χ1) is 14.9. The number of rotatable bonds is 9. The van der Waals surface area contributed by atoms with Crippen LogP contribution < -0.4 is 15.4 Å². The highest BCUT2D eigenvalue weighted by Gasteiger charge is 2.25. The number of amides is 1. The van der Waals surface area contributed by atoms with Crippen molar-refractivity contribution in [1.82, 2.24) is 25.9 Å². The van der Waals surface area contributed by atoms with Crippen LogP contribution in [0, 0.1) is 5.82 Å². The maximum Gasteiger partial charge on any atom is 0.320 e. The van der Waals surface area contributed by atoms with Gasteiger partial charge in [0, 0.05) is 5.56 Å². The van der Waals surface area contributed by atoms with Gasteiger partial charge in [0.25, 0.3) is 5.95 Å². The van der Waals surface area contributed by atoms with Gasteiger partial charge in [0.05, 0.1) is 13.2 Å². The Kier molecular flexibility index (Phi) is 6.88. The first-order valence-electron chi connectivity index (χ1n) is 9.33. The fourth-order valence-corrected chi connectivity index (χ4v) is 3.01. The third kappa shape index (κ3) is 5.60. The Bertz CT molecular complexity index is 1060. The van der Waals surface area contributed by atoms with Crippen LogP contribution in [-0.4, -0.2) is 56.8 Å². The molecule has 3 rings (SSSR count). The SMILES string of the molecule is COc1cc(C[C@H](N[C@@H](C)C(=O)O)C(=O)Nc2nn[nH]n2)ccc1-c1cccc(F)c1. The van der Waals surface area contributed by atoms with Gasteiger partial charge in [-0.3, -0.25) is 20.2 Å². The van der Waals surface area contributed by atoms with Gasteiger partial charge >= 0.3 is 5.97 Å². The fraction of sp³-hybridized carbons (Fsp3) is 0.250. The van der Waals surface area contributed by atoms with Crippen molar-refractivity contribution in [3.63, 3.8) is 0 Å². The van der Waals surface area contributed by atoms with Crippen LogP contribution in [0.15, 0.2) is 42.5 Å². The van der Waals surface area contributed by atoms with Crippen molar-refractivity contribution >= 4 is 17.8 Å². The molecule has 0 spiro atoms. The molecule has 2 aromatic carbocycles. The number of hydrogen-bond donors (Lipinski definition) is 4. The lowest BCUT2D eigenvalue weighted by Gasteiger charge is -2.21. The Balaban J connectivity index is 1.85. The zero-order chi connectivity index (χ0) is 22.4. The molecule has 0 fully saturated rings. The molecule has 0 unspecified atom stereocenters. The number of nitrogens with one attached hydrogen (secondary N) is 3. The molecule has 3 aromatic rings. The number of aromatic nitrogens is 4. The minimum Gasteiger partial charge on any atom is -0.496 e. The van der Waals surface area contributed by atoms with Crippen LogP contribution in [0.1, 0.15) is 12.5 Å². The molecular weight excluding hydrogens is 407 g/mol. The minimum atomic E-state index is -1.10. The molecule has 0 saturated heterocycles. The standard InChI is InChI=1S/C20H21FN6O4/c1-11(19(29)30)22-16(18(28)23-20-24-26-27-25-20)8-12-6-7-15(17(9-12)31-2)13-4-3-5-14(21)10-13/h3-7,9-11,16,22H,8H2,1-2H3,(H,29,30)(H2,23,24,25,26,27,28)/t11-,16-/m0/s1. The number of tetrazole rings is 1. The molecule has 10 nitrogen and oxygen atoms in total. The molecule has 0 aliphatic heterocycles. The second-order valence-corrected chi connectivity index (χ2v) is 6.75. The summed E-state index contributed by atoms with van der Waals surface area (Å²) in [6, 6.07) is 9.49. The van der Waals surface area contributed by atoms with Crippen LogP contribution in [0.4, 0.5) is 10.3 Å². The number of anilines is 1. The molecule has 2 atom stereocenters. The highest BCUT2D eigenvalue weighted by atomic mass is 19.1. The number of nitrogens with zero attached hydrogens (tertiary/aromatic N) is 3. The van der Waals surface area contributed by atoms with Crippen molar-refractivity contribution in [2.24, 2.45) is 0 Å². The molecule has 1 amide bonds. The summed E-state index contributed by atoms with van der Waals surface area (Å²) >= 11 is 0. The van der Waals surface area contributed by atoms with Crippen molar-refractivity contribution in [2.45, 2.75) is 25.4 Å². The van der Waals surface area contributed by atoms with E-state index in [0.29, 0.717) is 22.4 Å². The highest BCUT2D eigenvalue weighted by Crippen LogP contribution is 2.31. The van der Waals surface area contributed by atoms with E-state index in [9.17, 15) is 19.1 Å².